The van der Waals surface area contributed by atoms with Crippen LogP contribution in [0.4, 0.5) is 10.1 Å². The molecule has 0 spiro atoms. The fraction of sp³-hybridized carbons (Fsp3) is 0.423. The molecule has 1 aromatic heterocycles. The summed E-state index contributed by atoms with van der Waals surface area (Å²) in [4.78, 5) is 28.5. The Morgan fingerprint density at radius 1 is 0.698 bits per heavy atom. The van der Waals surface area contributed by atoms with Crippen molar-refractivity contribution in [3.63, 3.8) is 0 Å². The molecule has 63 heavy (non-hydrogen) atoms. The molecule has 1 aliphatic rings. The van der Waals surface area contributed by atoms with Crippen LogP contribution in [0.1, 0.15) is 116 Å². The van der Waals surface area contributed by atoms with Gasteiger partial charge >= 0.3 is 5.97 Å². The predicted molar refractivity (Wildman–Crippen MR) is 260 cm³/mol. The molecule has 0 bridgehead atoms. The van der Waals surface area contributed by atoms with Gasteiger partial charge in [0.05, 0.1) is 29.9 Å². The Bertz CT molecular complexity index is 2250. The minimum atomic E-state index is -2.25. The highest BCUT2D eigenvalue weighted by Gasteiger charge is 2.46. The van der Waals surface area contributed by atoms with Crippen molar-refractivity contribution in [1.82, 2.24) is 4.57 Å². The molecular formula is C52H67FN2O6S2. The highest BCUT2D eigenvalue weighted by molar-refractivity contribution is 8.39. The molecular weight excluding hydrogens is 832 g/mol. The summed E-state index contributed by atoms with van der Waals surface area (Å²) in [6.07, 6.45) is 0.0351. The van der Waals surface area contributed by atoms with Gasteiger partial charge in [0.2, 0.25) is 0 Å². The number of anilines is 1. The number of aromatic nitrogens is 1. The highest BCUT2D eigenvalue weighted by atomic mass is 32.4. The van der Waals surface area contributed by atoms with Crippen LogP contribution in [0.5, 0.6) is 0 Å². The lowest BCUT2D eigenvalue weighted by Crippen LogP contribution is -2.41. The minimum absolute atomic E-state index is 0.0217. The maximum Gasteiger partial charge on any atom is 0.308 e. The molecule has 0 radical (unpaired) electrons. The van der Waals surface area contributed by atoms with E-state index in [1.807, 2.05) is 91.0 Å². The monoisotopic (exact) mass is 898 g/mol. The van der Waals surface area contributed by atoms with Crippen molar-refractivity contribution >= 4 is 38.7 Å². The quantitative estimate of drug-likeness (QED) is 0.0993. The first-order chi connectivity index (χ1) is 30.1. The molecule has 2 heterocycles. The maximum atomic E-state index is 14.8. The lowest BCUT2D eigenvalue weighted by Gasteiger charge is -2.63. The van der Waals surface area contributed by atoms with Gasteiger partial charge in [-0.2, -0.15) is 24.8 Å². The largest absolute Gasteiger partial charge is 0.461 e. The van der Waals surface area contributed by atoms with Gasteiger partial charge in [-0.3, -0.25) is 18.0 Å². The van der Waals surface area contributed by atoms with Crippen LogP contribution < -0.4 is 5.32 Å². The Morgan fingerprint density at radius 3 is 1.76 bits per heavy atom. The number of carbonyl (C=O) groups is 2. The van der Waals surface area contributed by atoms with Gasteiger partial charge in [0.25, 0.3) is 5.91 Å². The van der Waals surface area contributed by atoms with E-state index in [1.165, 1.54) is 12.1 Å². The van der Waals surface area contributed by atoms with Crippen molar-refractivity contribution in [2.24, 2.45) is 0 Å². The normalized spacial score (nSPS) is 18.6. The summed E-state index contributed by atoms with van der Waals surface area (Å²) in [5.41, 5.74) is 6.27. The summed E-state index contributed by atoms with van der Waals surface area (Å²) in [5, 5.41) is 3.29. The number of halogens is 1. The Morgan fingerprint density at radius 2 is 1.22 bits per heavy atom. The smallest absolute Gasteiger partial charge is 0.308 e. The summed E-state index contributed by atoms with van der Waals surface area (Å²) in [6.45, 7) is 22.1. The Hall–Kier alpha value is -4.39. The van der Waals surface area contributed by atoms with E-state index in [4.69, 9.17) is 16.7 Å². The third-order valence-electron chi connectivity index (χ3n) is 11.5. The molecule has 340 valence electrons. The standard InChI is InChI=1S/C52H67FN2O6S2/c1-35(2)50-49(52(57)54-44-24-18-13-19-25-44)48(41-22-16-12-17-23-41)51(42-26-28-43(53)29-27-42)55(50)31-30-45-32-46(33-47(56)58-34-40-20-14-11-15-21-40)60-63(38(7)8,39(9)10)61-62(59-45,36(3)4)37(5)6/h11-29,35-39,45-46H,30-34H2,1-10H3,(H,54,57)/t45-,46-/m1/s1. The fourth-order valence-electron chi connectivity index (χ4n) is 8.59. The molecule has 1 amide bonds. The van der Waals surface area contributed by atoms with Crippen LogP contribution in [0, 0.1) is 5.82 Å². The van der Waals surface area contributed by atoms with Crippen LogP contribution >= 0.6 is 21.2 Å². The van der Waals surface area contributed by atoms with Crippen molar-refractivity contribution in [1.29, 1.82) is 0 Å². The molecule has 4 aromatic carbocycles. The molecule has 0 saturated carbocycles. The molecule has 2 atom stereocenters. The topological polar surface area (TPSA) is 88.0 Å². The van der Waals surface area contributed by atoms with Crippen molar-refractivity contribution in [3.05, 3.63) is 138 Å². The molecule has 6 rings (SSSR count). The third kappa shape index (κ3) is 10.9. The first-order valence-electron chi connectivity index (χ1n) is 22.4. The van der Waals surface area contributed by atoms with Gasteiger partial charge in [-0.15, -0.1) is 0 Å². The van der Waals surface area contributed by atoms with Crippen LogP contribution in [0.2, 0.25) is 0 Å². The van der Waals surface area contributed by atoms with E-state index in [0.29, 0.717) is 30.6 Å². The molecule has 1 aliphatic heterocycles. The first-order valence-corrected chi connectivity index (χ1v) is 25.6. The number of carbonyl (C=O) groups excluding carboxylic acids is 2. The van der Waals surface area contributed by atoms with Gasteiger partial charge in [0.1, 0.15) is 12.4 Å². The second kappa shape index (κ2) is 21.1. The highest BCUT2D eigenvalue weighted by Crippen LogP contribution is 2.75. The number of rotatable bonds is 16. The van der Waals surface area contributed by atoms with Gasteiger partial charge in [0.15, 0.2) is 0 Å². The second-order valence-corrected chi connectivity index (χ2v) is 24.8. The van der Waals surface area contributed by atoms with E-state index in [2.05, 4.69) is 79.1 Å². The van der Waals surface area contributed by atoms with Crippen molar-refractivity contribution in [3.8, 4) is 22.4 Å². The van der Waals surface area contributed by atoms with Crippen LogP contribution in [0.15, 0.2) is 115 Å². The van der Waals surface area contributed by atoms with Crippen molar-refractivity contribution in [2.45, 2.75) is 141 Å². The zero-order valence-electron chi connectivity index (χ0n) is 38.6. The number of nitrogens with zero attached hydrogens (tertiary/aromatic N) is 1. The lowest BCUT2D eigenvalue weighted by atomic mass is 9.94. The van der Waals surface area contributed by atoms with E-state index in [0.717, 1.165) is 33.6 Å². The first kappa shape index (κ1) is 48.1. The summed E-state index contributed by atoms with van der Waals surface area (Å²) in [6, 6.07) is 35.6. The molecule has 5 aromatic rings. The SMILES string of the molecule is CC(C)c1c(C(=O)Nc2ccccc2)c(-c2ccccc2)c(-c2ccc(F)cc2)n1CC[C@@H]1C[C@H](CC(=O)OCc2ccccc2)OS(C(C)C)(C(C)C)OS(C(C)C)(C(C)C)O1. The Kier molecular flexibility index (Phi) is 16.1. The van der Waals surface area contributed by atoms with Crippen molar-refractivity contribution < 1.29 is 30.7 Å². The summed E-state index contributed by atoms with van der Waals surface area (Å²) in [5.74, 6) is -1.01. The van der Waals surface area contributed by atoms with Gasteiger partial charge in [-0.05, 0) is 121 Å². The van der Waals surface area contributed by atoms with E-state index in [9.17, 15) is 14.0 Å². The van der Waals surface area contributed by atoms with Gasteiger partial charge in [0, 0.05) is 50.9 Å². The number of benzene rings is 4. The zero-order valence-corrected chi connectivity index (χ0v) is 40.3. The van der Waals surface area contributed by atoms with E-state index in [1.54, 1.807) is 12.1 Å². The number of hydrogen-bond donors (Lipinski definition) is 1. The van der Waals surface area contributed by atoms with Gasteiger partial charge < -0.3 is 14.6 Å². The minimum Gasteiger partial charge on any atom is -0.461 e. The molecule has 1 saturated heterocycles. The molecule has 1 N–H and O–H groups in total. The van der Waals surface area contributed by atoms with Gasteiger partial charge in [-0.1, -0.05) is 92.7 Å². The number of ether oxygens (including phenoxy) is 1. The third-order valence-corrected chi connectivity index (χ3v) is 19.6. The summed E-state index contributed by atoms with van der Waals surface area (Å²) >= 11 is 0. The second-order valence-electron chi connectivity index (χ2n) is 17.7. The molecule has 1 fully saturated rings. The van der Waals surface area contributed by atoms with Crippen LogP contribution in [0.25, 0.3) is 22.4 Å². The number of nitrogens with one attached hydrogen (secondary N) is 1. The van der Waals surface area contributed by atoms with Crippen LogP contribution in [-0.4, -0.2) is 49.7 Å². The summed E-state index contributed by atoms with van der Waals surface area (Å²) < 4.78 is 45.1. The van der Waals surface area contributed by atoms with Gasteiger partial charge in [-0.25, -0.2) is 4.39 Å². The predicted octanol–water partition coefficient (Wildman–Crippen LogP) is 14.0. The number of hydrogen-bond acceptors (Lipinski definition) is 6. The average Bonchev–Trinajstić information content (AvgIpc) is 3.60. The fourth-order valence-corrected chi connectivity index (χ4v) is 16.9. The number of esters is 1. The van der Waals surface area contributed by atoms with Crippen LogP contribution in [0.3, 0.4) is 0 Å². The van der Waals surface area contributed by atoms with E-state index in [-0.39, 0.29) is 57.6 Å². The zero-order chi connectivity index (χ0) is 45.5. The Balaban J connectivity index is 1.48. The molecule has 0 unspecified atom stereocenters. The molecule has 11 heteroatoms. The van der Waals surface area contributed by atoms with E-state index >= 15 is 0 Å². The maximum absolute atomic E-state index is 14.8. The molecule has 0 aliphatic carbocycles. The number of para-hydroxylation sites is 1. The lowest BCUT2D eigenvalue weighted by molar-refractivity contribution is -0.147. The number of amides is 1. The summed E-state index contributed by atoms with van der Waals surface area (Å²) in [7, 11) is -4.50. The van der Waals surface area contributed by atoms with Crippen LogP contribution in [-0.2, 0) is 34.7 Å². The Labute approximate surface area is 378 Å². The van der Waals surface area contributed by atoms with E-state index < -0.39 is 33.4 Å². The molecule has 8 nitrogen and oxygen atoms in total. The average molecular weight is 899 g/mol. The van der Waals surface area contributed by atoms with Crippen molar-refractivity contribution in [2.75, 3.05) is 5.32 Å².